The minimum Gasteiger partial charge on any atom is -0.393 e. The number of hydrogen-bond donors (Lipinski definition) is 2. The summed E-state index contributed by atoms with van der Waals surface area (Å²) in [7, 11) is 0. The zero-order valence-corrected chi connectivity index (χ0v) is 10.1. The molecule has 0 aromatic carbocycles. The monoisotopic (exact) mass is 295 g/mol. The zero-order valence-electron chi connectivity index (χ0n) is 10.1. The fraction of sp³-hybridized carbons (Fsp3) is 0.636. The molecule has 6 nitrogen and oxygen atoms in total. The molecule has 20 heavy (non-hydrogen) atoms. The molecule has 0 bridgehead atoms. The van der Waals surface area contributed by atoms with Gasteiger partial charge in [0.2, 0.25) is 12.1 Å². The molecule has 0 saturated carbocycles. The van der Waals surface area contributed by atoms with Crippen LogP contribution in [0.1, 0.15) is 6.42 Å². The quantitative estimate of drug-likeness (QED) is 0.676. The van der Waals surface area contributed by atoms with Gasteiger partial charge in [0.05, 0.1) is 13.0 Å². The molecule has 0 aromatic heterocycles. The van der Waals surface area contributed by atoms with Crippen LogP contribution in [-0.4, -0.2) is 63.9 Å². The first-order valence-electron chi connectivity index (χ1n) is 5.71. The molecule has 2 aliphatic heterocycles. The first kappa shape index (κ1) is 14.9. The van der Waals surface area contributed by atoms with Crippen molar-refractivity contribution >= 4 is 11.7 Å². The highest BCUT2D eigenvalue weighted by Crippen LogP contribution is 2.44. The normalized spacial score (nSPS) is 36.8. The number of nitrogens with zero attached hydrogens (tertiary/aromatic N) is 1. The second-order valence-electron chi connectivity index (χ2n) is 4.66. The van der Waals surface area contributed by atoms with Gasteiger partial charge >= 0.3 is 5.92 Å². The van der Waals surface area contributed by atoms with Crippen LogP contribution < -0.4 is 0 Å². The van der Waals surface area contributed by atoms with E-state index in [-0.39, 0.29) is 0 Å². The standard InChI is InChI=1S/C11H12F3NO5/c12-4-10(5-16)8(19)11(13,14)9(20-10)15-2-1-6(17)3-7(15)18/h1-2,8-9,16,19H,3-5H2/t8-,9-,10-/m1/s1. The van der Waals surface area contributed by atoms with E-state index >= 15 is 0 Å². The molecular weight excluding hydrogens is 283 g/mol. The molecule has 1 saturated heterocycles. The number of allylic oxidation sites excluding steroid dienone is 1. The second kappa shape index (κ2) is 4.83. The van der Waals surface area contributed by atoms with Crippen LogP contribution in [0.15, 0.2) is 12.3 Å². The molecule has 0 aromatic rings. The lowest BCUT2D eigenvalue weighted by molar-refractivity contribution is -0.178. The van der Waals surface area contributed by atoms with E-state index < -0.39 is 55.2 Å². The summed E-state index contributed by atoms with van der Waals surface area (Å²) in [6, 6.07) is 0. The Morgan fingerprint density at radius 1 is 1.45 bits per heavy atom. The topological polar surface area (TPSA) is 87.1 Å². The van der Waals surface area contributed by atoms with Crippen molar-refractivity contribution in [2.75, 3.05) is 13.3 Å². The summed E-state index contributed by atoms with van der Waals surface area (Å²) in [6.07, 6.45) is -3.82. The highest BCUT2D eigenvalue weighted by atomic mass is 19.3. The number of ketones is 1. The second-order valence-corrected chi connectivity index (χ2v) is 4.66. The number of carbonyl (C=O) groups is 2. The third-order valence-corrected chi connectivity index (χ3v) is 3.32. The number of amides is 1. The van der Waals surface area contributed by atoms with E-state index in [1.807, 2.05) is 0 Å². The smallest absolute Gasteiger partial charge is 0.320 e. The number of halogens is 3. The van der Waals surface area contributed by atoms with E-state index in [1.165, 1.54) is 0 Å². The van der Waals surface area contributed by atoms with Crippen molar-refractivity contribution < 1.29 is 37.7 Å². The molecule has 2 rings (SSSR count). The highest BCUT2D eigenvalue weighted by molar-refractivity contribution is 6.06. The van der Waals surface area contributed by atoms with Crippen LogP contribution in [0, 0.1) is 0 Å². The molecule has 2 aliphatic rings. The van der Waals surface area contributed by atoms with Gasteiger partial charge in [-0.25, -0.2) is 4.39 Å². The number of aliphatic hydroxyl groups excluding tert-OH is 2. The van der Waals surface area contributed by atoms with Crippen LogP contribution in [-0.2, 0) is 14.3 Å². The molecule has 0 radical (unpaired) electrons. The summed E-state index contributed by atoms with van der Waals surface area (Å²) < 4.78 is 45.6. The van der Waals surface area contributed by atoms with Crippen LogP contribution in [0.2, 0.25) is 0 Å². The van der Waals surface area contributed by atoms with E-state index in [9.17, 15) is 27.9 Å². The van der Waals surface area contributed by atoms with Crippen LogP contribution in [0.5, 0.6) is 0 Å². The Morgan fingerprint density at radius 3 is 2.55 bits per heavy atom. The minimum atomic E-state index is -3.99. The van der Waals surface area contributed by atoms with Crippen molar-refractivity contribution in [3.05, 3.63) is 12.3 Å². The third kappa shape index (κ3) is 2.02. The average Bonchev–Trinajstić information content (AvgIpc) is 2.60. The zero-order chi connectivity index (χ0) is 15.1. The molecule has 1 amide bonds. The Morgan fingerprint density at radius 2 is 2.10 bits per heavy atom. The van der Waals surface area contributed by atoms with Gasteiger partial charge in [-0.1, -0.05) is 0 Å². The maximum absolute atomic E-state index is 14.0. The Labute approximate surface area is 111 Å². The van der Waals surface area contributed by atoms with E-state index in [0.29, 0.717) is 4.90 Å². The summed E-state index contributed by atoms with van der Waals surface area (Å²) in [5.41, 5.74) is -2.50. The molecule has 2 heterocycles. The maximum atomic E-state index is 14.0. The van der Waals surface area contributed by atoms with Gasteiger partial charge in [-0.3, -0.25) is 14.5 Å². The maximum Gasteiger partial charge on any atom is 0.320 e. The van der Waals surface area contributed by atoms with Gasteiger partial charge in [0.15, 0.2) is 17.5 Å². The van der Waals surface area contributed by atoms with Gasteiger partial charge < -0.3 is 14.9 Å². The predicted octanol–water partition coefficient (Wildman–Crippen LogP) is -0.645. The number of aliphatic hydroxyl groups is 2. The van der Waals surface area contributed by atoms with E-state index in [1.54, 1.807) is 0 Å². The Bertz CT molecular complexity index is 463. The number of ether oxygens (including phenoxy) is 1. The van der Waals surface area contributed by atoms with Crippen molar-refractivity contribution in [1.29, 1.82) is 0 Å². The van der Waals surface area contributed by atoms with Gasteiger partial charge in [-0.15, -0.1) is 0 Å². The molecule has 1 fully saturated rings. The third-order valence-electron chi connectivity index (χ3n) is 3.32. The van der Waals surface area contributed by atoms with Crippen molar-refractivity contribution in [3.63, 3.8) is 0 Å². The largest absolute Gasteiger partial charge is 0.393 e. The summed E-state index contributed by atoms with van der Waals surface area (Å²) >= 11 is 0. The highest BCUT2D eigenvalue weighted by Gasteiger charge is 2.68. The lowest BCUT2D eigenvalue weighted by Gasteiger charge is -2.30. The average molecular weight is 295 g/mol. The van der Waals surface area contributed by atoms with Gasteiger partial charge in [0, 0.05) is 6.20 Å². The number of carbonyl (C=O) groups excluding carboxylic acids is 2. The molecule has 0 unspecified atom stereocenters. The van der Waals surface area contributed by atoms with E-state index in [2.05, 4.69) is 0 Å². The fourth-order valence-corrected chi connectivity index (χ4v) is 2.12. The SMILES string of the molecule is O=C1C=CN([C@@H]2O[C@@](CO)(CF)[C@@H](O)C2(F)F)C(=O)C1. The van der Waals surface area contributed by atoms with Crippen molar-refractivity contribution in [1.82, 2.24) is 4.90 Å². The molecule has 0 spiro atoms. The first-order valence-corrected chi connectivity index (χ1v) is 5.71. The minimum absolute atomic E-state index is 0.428. The lowest BCUT2D eigenvalue weighted by atomic mass is 9.96. The van der Waals surface area contributed by atoms with Gasteiger partial charge in [0.1, 0.15) is 6.67 Å². The van der Waals surface area contributed by atoms with Crippen molar-refractivity contribution in [2.45, 2.75) is 30.3 Å². The summed E-state index contributed by atoms with van der Waals surface area (Å²) in [4.78, 5) is 23.0. The van der Waals surface area contributed by atoms with Gasteiger partial charge in [-0.2, -0.15) is 8.78 Å². The summed E-state index contributed by atoms with van der Waals surface area (Å²) in [6.45, 7) is -2.73. The molecule has 3 atom stereocenters. The fourth-order valence-electron chi connectivity index (χ4n) is 2.12. The molecule has 9 heteroatoms. The van der Waals surface area contributed by atoms with Crippen molar-refractivity contribution in [2.24, 2.45) is 0 Å². The predicted molar refractivity (Wildman–Crippen MR) is 57.2 cm³/mol. The molecule has 112 valence electrons. The van der Waals surface area contributed by atoms with E-state index in [0.717, 1.165) is 12.3 Å². The van der Waals surface area contributed by atoms with Crippen molar-refractivity contribution in [3.8, 4) is 0 Å². The summed E-state index contributed by atoms with van der Waals surface area (Å²) in [5, 5.41) is 18.5. The molecule has 0 aliphatic carbocycles. The Hall–Kier alpha value is -1.45. The van der Waals surface area contributed by atoms with Gasteiger partial charge in [0.25, 0.3) is 0 Å². The van der Waals surface area contributed by atoms with Crippen LogP contribution in [0.3, 0.4) is 0 Å². The summed E-state index contributed by atoms with van der Waals surface area (Å²) in [5.74, 6) is -5.51. The van der Waals surface area contributed by atoms with Gasteiger partial charge in [-0.05, 0) is 6.08 Å². The number of hydrogen-bond acceptors (Lipinski definition) is 5. The molecule has 2 N–H and O–H groups in total. The number of rotatable bonds is 3. The lowest BCUT2D eigenvalue weighted by Crippen LogP contribution is -2.52. The Balaban J connectivity index is 2.35. The first-order chi connectivity index (χ1) is 9.28. The Kier molecular flexibility index (Phi) is 3.61. The van der Waals surface area contributed by atoms with Crippen LogP contribution >= 0.6 is 0 Å². The van der Waals surface area contributed by atoms with Crippen LogP contribution in [0.25, 0.3) is 0 Å². The molecular formula is C11H12F3NO5. The van der Waals surface area contributed by atoms with Crippen LogP contribution in [0.4, 0.5) is 13.2 Å². The van der Waals surface area contributed by atoms with E-state index in [4.69, 9.17) is 9.84 Å². The number of alkyl halides is 3.